The van der Waals surface area contributed by atoms with Gasteiger partial charge in [0.15, 0.2) is 0 Å². The minimum absolute atomic E-state index is 0.0947. The van der Waals surface area contributed by atoms with Crippen LogP contribution in [0.15, 0.2) is 0 Å². The van der Waals surface area contributed by atoms with Crippen LogP contribution in [0.25, 0.3) is 0 Å². The molecule has 0 aromatic carbocycles. The van der Waals surface area contributed by atoms with Crippen LogP contribution in [-0.2, 0) is 4.79 Å². The third kappa shape index (κ3) is 1.70. The predicted octanol–water partition coefficient (Wildman–Crippen LogP) is 0.655. The van der Waals surface area contributed by atoms with Crippen LogP contribution in [0.2, 0.25) is 0 Å². The fourth-order valence-electron chi connectivity index (χ4n) is 1.97. The molecule has 1 heterocycles. The first-order chi connectivity index (χ1) is 6.27. The summed E-state index contributed by atoms with van der Waals surface area (Å²) in [4.78, 5) is 11.9. The van der Waals surface area contributed by atoms with Gasteiger partial charge in [0.1, 0.15) is 0 Å². The Balaban J connectivity index is 1.96. The second kappa shape index (κ2) is 3.29. The van der Waals surface area contributed by atoms with Crippen molar-refractivity contribution in [3.63, 3.8) is 0 Å². The average Bonchev–Trinajstić information content (AvgIpc) is 2.83. The number of hydrogen-bond acceptors (Lipinski definition) is 2. The van der Waals surface area contributed by atoms with E-state index in [4.69, 9.17) is 0 Å². The normalized spacial score (nSPS) is 33.3. The second-order valence-corrected chi connectivity index (χ2v) is 4.31. The minimum Gasteiger partial charge on any atom is -0.353 e. The van der Waals surface area contributed by atoms with E-state index < -0.39 is 0 Å². The Kier molecular flexibility index (Phi) is 2.28. The second-order valence-electron chi connectivity index (χ2n) is 4.31. The smallest absolute Gasteiger partial charge is 0.227 e. The Morgan fingerprint density at radius 3 is 2.85 bits per heavy atom. The number of nitrogens with one attached hydrogen (secondary N) is 2. The number of amides is 1. The SMILES string of the molecule is CC[C@@]1(C(=O)NC2CC2)CCNC1. The van der Waals surface area contributed by atoms with Gasteiger partial charge in [-0.05, 0) is 32.2 Å². The standard InChI is InChI=1S/C10H18N2O/c1-2-10(5-6-11-7-10)9(13)12-8-3-4-8/h8,11H,2-7H2,1H3,(H,12,13)/t10-/m1/s1. The van der Waals surface area contributed by atoms with Crippen molar-refractivity contribution in [1.82, 2.24) is 10.6 Å². The highest BCUT2D eigenvalue weighted by molar-refractivity contribution is 5.83. The molecule has 1 saturated heterocycles. The van der Waals surface area contributed by atoms with E-state index in [1.54, 1.807) is 0 Å². The van der Waals surface area contributed by atoms with Crippen molar-refractivity contribution < 1.29 is 4.79 Å². The molecular formula is C10H18N2O. The summed E-state index contributed by atoms with van der Waals surface area (Å²) in [7, 11) is 0. The Morgan fingerprint density at radius 1 is 1.62 bits per heavy atom. The summed E-state index contributed by atoms with van der Waals surface area (Å²) in [5.74, 6) is 0.280. The van der Waals surface area contributed by atoms with E-state index in [0.29, 0.717) is 6.04 Å². The molecule has 1 saturated carbocycles. The molecular weight excluding hydrogens is 164 g/mol. The molecule has 2 N–H and O–H groups in total. The van der Waals surface area contributed by atoms with Gasteiger partial charge < -0.3 is 10.6 Å². The van der Waals surface area contributed by atoms with Gasteiger partial charge in [0.2, 0.25) is 5.91 Å². The summed E-state index contributed by atoms with van der Waals surface area (Å²) in [5, 5.41) is 6.39. The van der Waals surface area contributed by atoms with E-state index in [1.165, 1.54) is 12.8 Å². The lowest BCUT2D eigenvalue weighted by Gasteiger charge is -2.25. The van der Waals surface area contributed by atoms with Crippen LogP contribution in [-0.4, -0.2) is 25.0 Å². The molecule has 0 radical (unpaired) electrons. The van der Waals surface area contributed by atoms with Crippen molar-refractivity contribution in [3.8, 4) is 0 Å². The van der Waals surface area contributed by atoms with Gasteiger partial charge in [-0.15, -0.1) is 0 Å². The zero-order valence-corrected chi connectivity index (χ0v) is 8.23. The first kappa shape index (κ1) is 9.00. The van der Waals surface area contributed by atoms with Crippen molar-refractivity contribution in [2.45, 2.75) is 38.6 Å². The third-order valence-corrected chi connectivity index (χ3v) is 3.31. The van der Waals surface area contributed by atoms with Crippen molar-refractivity contribution >= 4 is 5.91 Å². The van der Waals surface area contributed by atoms with Crippen LogP contribution in [0, 0.1) is 5.41 Å². The topological polar surface area (TPSA) is 41.1 Å². The highest BCUT2D eigenvalue weighted by Gasteiger charge is 2.41. The summed E-state index contributed by atoms with van der Waals surface area (Å²) < 4.78 is 0. The van der Waals surface area contributed by atoms with Gasteiger partial charge in [-0.1, -0.05) is 6.92 Å². The summed E-state index contributed by atoms with van der Waals surface area (Å²) in [6.45, 7) is 3.97. The Bertz CT molecular complexity index is 205. The molecule has 0 spiro atoms. The van der Waals surface area contributed by atoms with E-state index in [0.717, 1.165) is 25.9 Å². The molecule has 2 aliphatic rings. The van der Waals surface area contributed by atoms with Gasteiger partial charge in [0, 0.05) is 12.6 Å². The van der Waals surface area contributed by atoms with Crippen LogP contribution in [0.1, 0.15) is 32.6 Å². The fourth-order valence-corrected chi connectivity index (χ4v) is 1.97. The first-order valence-electron chi connectivity index (χ1n) is 5.28. The molecule has 3 nitrogen and oxygen atoms in total. The highest BCUT2D eigenvalue weighted by Crippen LogP contribution is 2.31. The molecule has 74 valence electrons. The maximum atomic E-state index is 11.9. The molecule has 1 aliphatic heterocycles. The maximum Gasteiger partial charge on any atom is 0.227 e. The molecule has 0 aromatic rings. The zero-order valence-electron chi connectivity index (χ0n) is 8.23. The average molecular weight is 182 g/mol. The van der Waals surface area contributed by atoms with Gasteiger partial charge in [-0.2, -0.15) is 0 Å². The highest BCUT2D eigenvalue weighted by atomic mass is 16.2. The zero-order chi connectivity index (χ0) is 9.31. The number of hydrogen-bond donors (Lipinski definition) is 2. The molecule has 0 unspecified atom stereocenters. The molecule has 1 aliphatic carbocycles. The van der Waals surface area contributed by atoms with Crippen molar-refractivity contribution in [2.24, 2.45) is 5.41 Å². The molecule has 1 amide bonds. The van der Waals surface area contributed by atoms with Crippen molar-refractivity contribution in [3.05, 3.63) is 0 Å². The van der Waals surface area contributed by atoms with Gasteiger partial charge in [0.25, 0.3) is 0 Å². The minimum atomic E-state index is -0.0947. The van der Waals surface area contributed by atoms with Gasteiger partial charge in [-0.3, -0.25) is 4.79 Å². The van der Waals surface area contributed by atoms with Crippen LogP contribution >= 0.6 is 0 Å². The number of carbonyl (C=O) groups is 1. The molecule has 13 heavy (non-hydrogen) atoms. The van der Waals surface area contributed by atoms with Crippen molar-refractivity contribution in [2.75, 3.05) is 13.1 Å². The molecule has 0 aromatic heterocycles. The molecule has 3 heteroatoms. The third-order valence-electron chi connectivity index (χ3n) is 3.31. The fraction of sp³-hybridized carbons (Fsp3) is 0.900. The largest absolute Gasteiger partial charge is 0.353 e. The number of carbonyl (C=O) groups excluding carboxylic acids is 1. The monoisotopic (exact) mass is 182 g/mol. The van der Waals surface area contributed by atoms with E-state index >= 15 is 0 Å². The maximum absolute atomic E-state index is 11.9. The Labute approximate surface area is 79.3 Å². The van der Waals surface area contributed by atoms with Crippen LogP contribution in [0.4, 0.5) is 0 Å². The lowest BCUT2D eigenvalue weighted by Crippen LogP contribution is -2.43. The van der Waals surface area contributed by atoms with Gasteiger partial charge in [0.05, 0.1) is 5.41 Å². The quantitative estimate of drug-likeness (QED) is 0.673. The van der Waals surface area contributed by atoms with Gasteiger partial charge in [-0.25, -0.2) is 0 Å². The van der Waals surface area contributed by atoms with E-state index in [1.807, 2.05) is 0 Å². The Hall–Kier alpha value is -0.570. The summed E-state index contributed by atoms with van der Waals surface area (Å²) in [5.41, 5.74) is -0.0947. The van der Waals surface area contributed by atoms with E-state index in [-0.39, 0.29) is 11.3 Å². The van der Waals surface area contributed by atoms with Crippen LogP contribution in [0.5, 0.6) is 0 Å². The first-order valence-corrected chi connectivity index (χ1v) is 5.28. The molecule has 0 bridgehead atoms. The molecule has 1 atom stereocenters. The Morgan fingerprint density at radius 2 is 2.38 bits per heavy atom. The van der Waals surface area contributed by atoms with Crippen molar-refractivity contribution in [1.29, 1.82) is 0 Å². The summed E-state index contributed by atoms with van der Waals surface area (Å²) in [6, 6.07) is 0.497. The lowest BCUT2D eigenvalue weighted by atomic mass is 9.83. The summed E-state index contributed by atoms with van der Waals surface area (Å²) in [6.07, 6.45) is 4.32. The van der Waals surface area contributed by atoms with Gasteiger partial charge >= 0.3 is 0 Å². The number of rotatable bonds is 3. The summed E-state index contributed by atoms with van der Waals surface area (Å²) >= 11 is 0. The molecule has 2 rings (SSSR count). The molecule has 2 fully saturated rings. The van der Waals surface area contributed by atoms with E-state index in [9.17, 15) is 4.79 Å². The lowest BCUT2D eigenvalue weighted by molar-refractivity contribution is -0.130. The van der Waals surface area contributed by atoms with Crippen LogP contribution in [0.3, 0.4) is 0 Å². The predicted molar refractivity (Wildman–Crippen MR) is 51.4 cm³/mol. The van der Waals surface area contributed by atoms with E-state index in [2.05, 4.69) is 17.6 Å². The van der Waals surface area contributed by atoms with Crippen LogP contribution < -0.4 is 10.6 Å².